The van der Waals surface area contributed by atoms with Gasteiger partial charge in [-0.3, -0.25) is 4.79 Å². The van der Waals surface area contributed by atoms with Gasteiger partial charge in [-0.1, -0.05) is 12.1 Å². The first-order chi connectivity index (χ1) is 8.54. The van der Waals surface area contributed by atoms with E-state index in [-0.39, 0.29) is 19.1 Å². The summed E-state index contributed by atoms with van der Waals surface area (Å²) in [5.41, 5.74) is 0. The van der Waals surface area contributed by atoms with Gasteiger partial charge in [-0.15, -0.1) is 17.9 Å². The first-order valence-electron chi connectivity index (χ1n) is 5.39. The molecule has 0 radical (unpaired) electrons. The van der Waals surface area contributed by atoms with E-state index in [1.165, 1.54) is 15.9 Å². The number of aliphatic carboxylic acids is 1. The zero-order valence-electron chi connectivity index (χ0n) is 10.2. The molecule has 0 aliphatic carbocycles. The van der Waals surface area contributed by atoms with E-state index in [1.807, 2.05) is 17.5 Å². The Morgan fingerprint density at radius 2 is 2.28 bits per heavy atom. The van der Waals surface area contributed by atoms with Crippen LogP contribution in [0.5, 0.6) is 0 Å². The van der Waals surface area contributed by atoms with Gasteiger partial charge in [0.05, 0.1) is 6.54 Å². The lowest BCUT2D eigenvalue weighted by Crippen LogP contribution is -2.43. The molecule has 0 atom stereocenters. The monoisotopic (exact) mass is 268 g/mol. The average Bonchev–Trinajstić information content (AvgIpc) is 2.79. The Balaban J connectivity index is 2.63. The average molecular weight is 268 g/mol. The predicted molar refractivity (Wildman–Crippen MR) is 70.6 cm³/mol. The number of urea groups is 1. The topological polar surface area (TPSA) is 60.9 Å². The van der Waals surface area contributed by atoms with Crippen molar-refractivity contribution in [1.29, 1.82) is 0 Å². The van der Waals surface area contributed by atoms with Gasteiger partial charge in [-0.05, 0) is 11.4 Å². The molecule has 2 amide bonds. The minimum absolute atomic E-state index is 0.222. The zero-order valence-corrected chi connectivity index (χ0v) is 11.0. The summed E-state index contributed by atoms with van der Waals surface area (Å²) in [6, 6.07) is 3.53. The van der Waals surface area contributed by atoms with E-state index in [0.717, 1.165) is 4.88 Å². The predicted octanol–water partition coefficient (Wildman–Crippen LogP) is 1.87. The van der Waals surface area contributed by atoms with Crippen LogP contribution < -0.4 is 0 Å². The van der Waals surface area contributed by atoms with Gasteiger partial charge in [-0.25, -0.2) is 4.79 Å². The van der Waals surface area contributed by atoms with E-state index in [9.17, 15) is 9.59 Å². The van der Waals surface area contributed by atoms with E-state index in [4.69, 9.17) is 5.11 Å². The summed E-state index contributed by atoms with van der Waals surface area (Å²) < 4.78 is 0. The molecule has 0 saturated carbocycles. The van der Waals surface area contributed by atoms with E-state index < -0.39 is 5.97 Å². The molecule has 0 aliphatic heterocycles. The smallest absolute Gasteiger partial charge is 0.323 e. The highest BCUT2D eigenvalue weighted by molar-refractivity contribution is 7.09. The summed E-state index contributed by atoms with van der Waals surface area (Å²) >= 11 is 1.56. The molecule has 0 fully saturated rings. The van der Waals surface area contributed by atoms with Gasteiger partial charge in [0.2, 0.25) is 0 Å². The summed E-state index contributed by atoms with van der Waals surface area (Å²) in [5.74, 6) is -1.03. The van der Waals surface area contributed by atoms with Gasteiger partial charge in [0.15, 0.2) is 0 Å². The number of carbonyl (C=O) groups excluding carboxylic acids is 1. The molecule has 0 bridgehead atoms. The molecule has 1 N–H and O–H groups in total. The van der Waals surface area contributed by atoms with Crippen LogP contribution >= 0.6 is 11.3 Å². The molecule has 1 aromatic heterocycles. The second-order valence-electron chi connectivity index (χ2n) is 3.78. The van der Waals surface area contributed by atoms with Crippen molar-refractivity contribution in [1.82, 2.24) is 9.80 Å². The van der Waals surface area contributed by atoms with Gasteiger partial charge in [-0.2, -0.15) is 0 Å². The van der Waals surface area contributed by atoms with Gasteiger partial charge >= 0.3 is 12.0 Å². The zero-order chi connectivity index (χ0) is 13.5. The van der Waals surface area contributed by atoms with Crippen molar-refractivity contribution < 1.29 is 14.7 Å². The summed E-state index contributed by atoms with van der Waals surface area (Å²) in [6.07, 6.45) is 1.51. The van der Waals surface area contributed by atoms with Crippen molar-refractivity contribution in [3.05, 3.63) is 35.0 Å². The molecule has 0 saturated heterocycles. The largest absolute Gasteiger partial charge is 0.480 e. The second kappa shape index (κ2) is 6.80. The molecule has 0 aliphatic rings. The van der Waals surface area contributed by atoms with Gasteiger partial charge < -0.3 is 14.9 Å². The highest BCUT2D eigenvalue weighted by atomic mass is 32.1. The Morgan fingerprint density at radius 3 is 2.78 bits per heavy atom. The van der Waals surface area contributed by atoms with Crippen LogP contribution in [0.1, 0.15) is 4.88 Å². The third-order valence-corrected chi connectivity index (χ3v) is 3.11. The molecule has 0 unspecified atom stereocenters. The van der Waals surface area contributed by atoms with E-state index in [0.29, 0.717) is 6.54 Å². The van der Waals surface area contributed by atoms with Crippen molar-refractivity contribution >= 4 is 23.3 Å². The molecule has 0 spiro atoms. The van der Waals surface area contributed by atoms with E-state index in [2.05, 4.69) is 6.58 Å². The molecular formula is C12H16N2O3S. The van der Waals surface area contributed by atoms with Crippen LogP contribution in [0.3, 0.4) is 0 Å². The molecule has 1 rings (SSSR count). The molecular weight excluding hydrogens is 252 g/mol. The van der Waals surface area contributed by atoms with Crippen LogP contribution in [-0.2, 0) is 11.3 Å². The lowest BCUT2D eigenvalue weighted by atomic mass is 10.4. The molecule has 6 heteroatoms. The fourth-order valence-electron chi connectivity index (χ4n) is 1.47. The minimum atomic E-state index is -1.03. The molecule has 0 aromatic carbocycles. The van der Waals surface area contributed by atoms with Crippen molar-refractivity contribution in [3.63, 3.8) is 0 Å². The van der Waals surface area contributed by atoms with Crippen LogP contribution in [0.4, 0.5) is 4.79 Å². The first kappa shape index (κ1) is 14.2. The Hall–Kier alpha value is -1.82. The van der Waals surface area contributed by atoms with Crippen molar-refractivity contribution in [3.8, 4) is 0 Å². The van der Waals surface area contributed by atoms with Gasteiger partial charge in [0.1, 0.15) is 6.54 Å². The molecule has 98 valence electrons. The van der Waals surface area contributed by atoms with Crippen molar-refractivity contribution in [2.75, 3.05) is 20.1 Å². The lowest BCUT2D eigenvalue weighted by Gasteiger charge is -2.25. The SMILES string of the molecule is C=CCN(CC(=O)O)C(=O)N(C)Cc1cccs1. The fourth-order valence-corrected chi connectivity index (χ4v) is 2.23. The highest BCUT2D eigenvalue weighted by Gasteiger charge is 2.19. The summed E-state index contributed by atoms with van der Waals surface area (Å²) in [5, 5.41) is 10.7. The highest BCUT2D eigenvalue weighted by Crippen LogP contribution is 2.12. The standard InChI is InChI=1S/C12H16N2O3S/c1-3-6-14(9-11(15)16)12(17)13(2)8-10-5-4-7-18-10/h3-5,7H,1,6,8-9H2,2H3,(H,15,16). The molecule has 5 nitrogen and oxygen atoms in total. The molecule has 18 heavy (non-hydrogen) atoms. The maximum absolute atomic E-state index is 12.0. The lowest BCUT2D eigenvalue weighted by molar-refractivity contribution is -0.137. The fraction of sp³-hybridized carbons (Fsp3) is 0.333. The van der Waals surface area contributed by atoms with Crippen LogP contribution in [0, 0.1) is 0 Å². The van der Waals surface area contributed by atoms with Crippen molar-refractivity contribution in [2.45, 2.75) is 6.54 Å². The summed E-state index contributed by atoms with van der Waals surface area (Å²) in [7, 11) is 1.65. The van der Waals surface area contributed by atoms with Crippen molar-refractivity contribution in [2.24, 2.45) is 0 Å². The number of carbonyl (C=O) groups is 2. The first-order valence-corrected chi connectivity index (χ1v) is 6.27. The number of carboxylic acids is 1. The quantitative estimate of drug-likeness (QED) is 0.801. The summed E-state index contributed by atoms with van der Waals surface area (Å²) in [6.45, 7) is 3.90. The van der Waals surface area contributed by atoms with E-state index >= 15 is 0 Å². The third-order valence-electron chi connectivity index (χ3n) is 2.25. The number of hydrogen-bond donors (Lipinski definition) is 1. The number of amides is 2. The Morgan fingerprint density at radius 1 is 1.56 bits per heavy atom. The third kappa shape index (κ3) is 4.21. The maximum atomic E-state index is 12.0. The Bertz CT molecular complexity index is 417. The summed E-state index contributed by atoms with van der Waals surface area (Å²) in [4.78, 5) is 26.5. The van der Waals surface area contributed by atoms with Gasteiger partial charge in [0.25, 0.3) is 0 Å². The van der Waals surface area contributed by atoms with Gasteiger partial charge in [0, 0.05) is 18.5 Å². The maximum Gasteiger partial charge on any atom is 0.323 e. The van der Waals surface area contributed by atoms with Crippen LogP contribution in [0.2, 0.25) is 0 Å². The number of hydrogen-bond acceptors (Lipinski definition) is 3. The van der Waals surface area contributed by atoms with E-state index in [1.54, 1.807) is 18.4 Å². The molecule has 1 heterocycles. The Labute approximate surface area is 110 Å². The van der Waals surface area contributed by atoms with Crippen LogP contribution in [0.15, 0.2) is 30.2 Å². The second-order valence-corrected chi connectivity index (χ2v) is 4.81. The number of carboxylic acid groups (broad SMARTS) is 1. The van der Waals surface area contributed by atoms with Crippen LogP contribution in [-0.4, -0.2) is 47.0 Å². The number of thiophene rings is 1. The number of rotatable bonds is 6. The Kier molecular flexibility index (Phi) is 5.38. The molecule has 1 aromatic rings. The normalized spacial score (nSPS) is 9.83. The minimum Gasteiger partial charge on any atom is -0.480 e. The van der Waals surface area contributed by atoms with Crippen LogP contribution in [0.25, 0.3) is 0 Å². The number of nitrogens with zero attached hydrogens (tertiary/aromatic N) is 2.